The van der Waals surface area contributed by atoms with E-state index < -0.39 is 0 Å². The van der Waals surface area contributed by atoms with Gasteiger partial charge in [-0.2, -0.15) is 0 Å². The van der Waals surface area contributed by atoms with Crippen molar-refractivity contribution in [3.63, 3.8) is 0 Å². The number of hydrogen-bond acceptors (Lipinski definition) is 3. The average molecular weight is 350 g/mol. The van der Waals surface area contributed by atoms with Crippen molar-refractivity contribution in [1.29, 1.82) is 0 Å². The van der Waals surface area contributed by atoms with Gasteiger partial charge in [-0.3, -0.25) is 4.79 Å². The van der Waals surface area contributed by atoms with Crippen molar-refractivity contribution in [2.45, 2.75) is 25.7 Å². The number of nitrogens with zero attached hydrogens (tertiary/aromatic N) is 1. The number of likely N-dealkylation sites (tertiary alicyclic amines) is 1. The summed E-state index contributed by atoms with van der Waals surface area (Å²) >= 11 is 0. The quantitative estimate of drug-likeness (QED) is 0.888. The molecule has 4 nitrogen and oxygen atoms in total. The Labute approximate surface area is 155 Å². The molecule has 0 aromatic heterocycles. The van der Waals surface area contributed by atoms with Crippen molar-refractivity contribution >= 4 is 17.3 Å². The molecule has 0 unspecified atom stereocenters. The predicted molar refractivity (Wildman–Crippen MR) is 104 cm³/mol. The van der Waals surface area contributed by atoms with E-state index in [-0.39, 0.29) is 5.91 Å². The lowest BCUT2D eigenvalue weighted by molar-refractivity contribution is -0.0175. The number of ether oxygens (including phenoxy) is 1. The second-order valence-corrected chi connectivity index (χ2v) is 7.44. The Kier molecular flexibility index (Phi) is 4.93. The molecule has 0 aliphatic carbocycles. The van der Waals surface area contributed by atoms with E-state index in [1.165, 1.54) is 0 Å². The minimum Gasteiger partial charge on any atom is -0.381 e. The number of carbonyl (C=O) groups excluding carboxylic acids is 1. The van der Waals surface area contributed by atoms with E-state index in [9.17, 15) is 4.79 Å². The maximum absolute atomic E-state index is 13.1. The molecule has 2 saturated heterocycles. The van der Waals surface area contributed by atoms with Crippen molar-refractivity contribution in [2.24, 2.45) is 5.41 Å². The third kappa shape index (κ3) is 3.61. The van der Waals surface area contributed by atoms with E-state index in [1.54, 1.807) is 0 Å². The maximum Gasteiger partial charge on any atom is 0.255 e. The number of piperidine rings is 1. The van der Waals surface area contributed by atoms with E-state index in [0.717, 1.165) is 68.9 Å². The minimum atomic E-state index is 0.131. The summed E-state index contributed by atoms with van der Waals surface area (Å²) in [6, 6.07) is 17.8. The summed E-state index contributed by atoms with van der Waals surface area (Å²) in [5.74, 6) is 0.131. The average Bonchev–Trinajstić information content (AvgIpc) is 2.70. The highest BCUT2D eigenvalue weighted by atomic mass is 16.5. The van der Waals surface area contributed by atoms with Crippen molar-refractivity contribution in [1.82, 2.24) is 4.90 Å². The summed E-state index contributed by atoms with van der Waals surface area (Å²) in [4.78, 5) is 15.2. The SMILES string of the molecule is O=C(c1ccccc1Nc1ccccc1)N1CCC2(CCOCC2)CC1. The van der Waals surface area contributed by atoms with Gasteiger partial charge in [-0.15, -0.1) is 0 Å². The summed E-state index contributed by atoms with van der Waals surface area (Å²) in [7, 11) is 0. The first-order valence-electron chi connectivity index (χ1n) is 9.54. The Morgan fingerprint density at radius 3 is 2.27 bits per heavy atom. The standard InChI is InChI=1S/C22H26N2O2/c25-21(24-14-10-22(11-15-24)12-16-26-17-13-22)19-8-4-5-9-20(19)23-18-6-2-1-3-7-18/h1-9,23H,10-17H2. The molecule has 1 spiro atoms. The molecule has 2 aromatic carbocycles. The van der Waals surface area contributed by atoms with Crippen LogP contribution >= 0.6 is 0 Å². The highest BCUT2D eigenvalue weighted by molar-refractivity contribution is 6.00. The first-order chi connectivity index (χ1) is 12.8. The van der Waals surface area contributed by atoms with Gasteiger partial charge >= 0.3 is 0 Å². The fourth-order valence-corrected chi connectivity index (χ4v) is 4.11. The molecule has 1 amide bonds. The number of rotatable bonds is 3. The lowest BCUT2D eigenvalue weighted by atomic mass is 9.72. The second-order valence-electron chi connectivity index (χ2n) is 7.44. The molecule has 0 atom stereocenters. The van der Waals surface area contributed by atoms with Crippen molar-refractivity contribution in [3.8, 4) is 0 Å². The Balaban J connectivity index is 1.47. The zero-order valence-electron chi connectivity index (χ0n) is 15.1. The van der Waals surface area contributed by atoms with E-state index in [4.69, 9.17) is 4.74 Å². The summed E-state index contributed by atoms with van der Waals surface area (Å²) < 4.78 is 5.52. The van der Waals surface area contributed by atoms with Crippen LogP contribution in [0, 0.1) is 5.41 Å². The molecule has 2 aromatic rings. The van der Waals surface area contributed by atoms with Crippen LogP contribution in [0.15, 0.2) is 54.6 Å². The molecule has 136 valence electrons. The molecule has 2 fully saturated rings. The summed E-state index contributed by atoms with van der Waals surface area (Å²) in [5.41, 5.74) is 3.01. The lowest BCUT2D eigenvalue weighted by Crippen LogP contribution is -2.45. The first-order valence-corrected chi connectivity index (χ1v) is 9.54. The van der Waals surface area contributed by atoms with E-state index in [0.29, 0.717) is 5.41 Å². The normalized spacial score (nSPS) is 19.3. The number of hydrogen-bond donors (Lipinski definition) is 1. The number of benzene rings is 2. The zero-order chi connectivity index (χ0) is 17.8. The molecule has 4 rings (SSSR count). The zero-order valence-corrected chi connectivity index (χ0v) is 15.1. The number of anilines is 2. The van der Waals surface area contributed by atoms with Crippen LogP contribution in [-0.2, 0) is 4.74 Å². The number of carbonyl (C=O) groups is 1. The summed E-state index contributed by atoms with van der Waals surface area (Å²) in [6.07, 6.45) is 4.47. The number of para-hydroxylation sites is 2. The minimum absolute atomic E-state index is 0.131. The molecular formula is C22H26N2O2. The topological polar surface area (TPSA) is 41.6 Å². The van der Waals surface area contributed by atoms with Gasteiger partial charge in [0.1, 0.15) is 0 Å². The molecule has 26 heavy (non-hydrogen) atoms. The second kappa shape index (κ2) is 7.50. The van der Waals surface area contributed by atoms with Gasteiger partial charge in [0.2, 0.25) is 0 Å². The third-order valence-corrected chi connectivity index (χ3v) is 5.88. The van der Waals surface area contributed by atoms with E-state index >= 15 is 0 Å². The maximum atomic E-state index is 13.1. The first kappa shape index (κ1) is 17.1. The lowest BCUT2D eigenvalue weighted by Gasteiger charge is -2.44. The monoisotopic (exact) mass is 350 g/mol. The fourth-order valence-electron chi connectivity index (χ4n) is 4.11. The van der Waals surface area contributed by atoms with Crippen molar-refractivity contribution in [3.05, 3.63) is 60.2 Å². The van der Waals surface area contributed by atoms with Crippen LogP contribution in [0.2, 0.25) is 0 Å². The Morgan fingerprint density at radius 2 is 1.54 bits per heavy atom. The Bertz CT molecular complexity index is 744. The molecule has 1 N–H and O–H groups in total. The van der Waals surface area contributed by atoms with Gasteiger partial charge in [-0.05, 0) is 55.4 Å². The molecule has 2 heterocycles. The van der Waals surface area contributed by atoms with E-state index in [2.05, 4.69) is 5.32 Å². The van der Waals surface area contributed by atoms with Crippen LogP contribution in [-0.4, -0.2) is 37.1 Å². The molecule has 0 bridgehead atoms. The third-order valence-electron chi connectivity index (χ3n) is 5.88. The largest absolute Gasteiger partial charge is 0.381 e. The molecule has 2 aliphatic heterocycles. The van der Waals surface area contributed by atoms with Gasteiger partial charge in [0.05, 0.1) is 11.3 Å². The smallest absolute Gasteiger partial charge is 0.255 e. The van der Waals surface area contributed by atoms with Gasteiger partial charge in [0.25, 0.3) is 5.91 Å². The Morgan fingerprint density at radius 1 is 0.885 bits per heavy atom. The molecule has 4 heteroatoms. The van der Waals surface area contributed by atoms with Crippen LogP contribution in [0.1, 0.15) is 36.0 Å². The molecule has 0 saturated carbocycles. The molecule has 2 aliphatic rings. The van der Waals surface area contributed by atoms with Crippen LogP contribution in [0.3, 0.4) is 0 Å². The van der Waals surface area contributed by atoms with Gasteiger partial charge < -0.3 is 15.0 Å². The van der Waals surface area contributed by atoms with Gasteiger partial charge in [-0.1, -0.05) is 30.3 Å². The van der Waals surface area contributed by atoms with Crippen LogP contribution in [0.25, 0.3) is 0 Å². The van der Waals surface area contributed by atoms with Crippen molar-refractivity contribution in [2.75, 3.05) is 31.6 Å². The van der Waals surface area contributed by atoms with E-state index in [1.807, 2.05) is 59.5 Å². The molecule has 0 radical (unpaired) electrons. The van der Waals surface area contributed by atoms with Crippen molar-refractivity contribution < 1.29 is 9.53 Å². The van der Waals surface area contributed by atoms with Gasteiger partial charge in [-0.25, -0.2) is 0 Å². The summed E-state index contributed by atoms with van der Waals surface area (Å²) in [5, 5.41) is 3.39. The number of nitrogens with one attached hydrogen (secondary N) is 1. The van der Waals surface area contributed by atoms with Crippen LogP contribution < -0.4 is 5.32 Å². The Hall–Kier alpha value is -2.33. The highest BCUT2D eigenvalue weighted by Gasteiger charge is 2.37. The predicted octanol–water partition coefficient (Wildman–Crippen LogP) is 4.46. The molecular weight excluding hydrogens is 324 g/mol. The summed E-state index contributed by atoms with van der Waals surface area (Å²) in [6.45, 7) is 3.44. The highest BCUT2D eigenvalue weighted by Crippen LogP contribution is 2.41. The van der Waals surface area contributed by atoms with Gasteiger partial charge in [0, 0.05) is 32.0 Å². The van der Waals surface area contributed by atoms with Gasteiger partial charge in [0.15, 0.2) is 0 Å². The fraction of sp³-hybridized carbons (Fsp3) is 0.409. The van der Waals surface area contributed by atoms with Crippen LogP contribution in [0.4, 0.5) is 11.4 Å². The van der Waals surface area contributed by atoms with Crippen LogP contribution in [0.5, 0.6) is 0 Å². The number of amides is 1.